The maximum atomic E-state index is 12.0. The molecule has 0 aliphatic carbocycles. The van der Waals surface area contributed by atoms with E-state index in [1.165, 1.54) is 0 Å². The van der Waals surface area contributed by atoms with Gasteiger partial charge in [-0.1, -0.05) is 11.6 Å². The van der Waals surface area contributed by atoms with Crippen molar-refractivity contribution in [1.29, 1.82) is 0 Å². The van der Waals surface area contributed by atoms with Crippen LogP contribution in [-0.4, -0.2) is 42.6 Å². The smallest absolute Gasteiger partial charge is 0.238 e. The first-order valence-corrected chi connectivity index (χ1v) is 7.04. The normalized spacial score (nSPS) is 23.6. The molecule has 1 fully saturated rings. The molecular weight excluding hydrogens is 278 g/mol. The minimum absolute atomic E-state index is 0.0620. The van der Waals surface area contributed by atoms with Crippen molar-refractivity contribution in [3.05, 3.63) is 23.2 Å². The van der Waals surface area contributed by atoms with Crippen LogP contribution in [0.4, 0.5) is 11.4 Å². The summed E-state index contributed by atoms with van der Waals surface area (Å²) in [5.74, 6) is -0.0620. The zero-order chi connectivity index (χ0) is 14.7. The lowest BCUT2D eigenvalue weighted by Crippen LogP contribution is -2.48. The van der Waals surface area contributed by atoms with E-state index >= 15 is 0 Å². The number of hydrogen-bond acceptors (Lipinski definition) is 4. The molecule has 2 rings (SSSR count). The molecular formula is C14H20ClN3O2. The average Bonchev–Trinajstić information content (AvgIpc) is 2.32. The standard InChI is InChI=1S/C14H20ClN3O2/c1-9-6-18(7-10(2)20-9)8-14(19)17-11-3-4-12(15)13(16)5-11/h3-5,9-10H,6-8,16H2,1-2H3,(H,17,19). The minimum atomic E-state index is -0.0620. The Kier molecular flexibility index (Phi) is 4.86. The van der Waals surface area contributed by atoms with Crippen molar-refractivity contribution in [3.8, 4) is 0 Å². The number of amides is 1. The van der Waals surface area contributed by atoms with Gasteiger partial charge in [0.05, 0.1) is 29.5 Å². The van der Waals surface area contributed by atoms with Crippen LogP contribution in [0.2, 0.25) is 5.02 Å². The largest absolute Gasteiger partial charge is 0.397 e. The van der Waals surface area contributed by atoms with Crippen molar-refractivity contribution in [2.75, 3.05) is 30.7 Å². The maximum absolute atomic E-state index is 12.0. The summed E-state index contributed by atoms with van der Waals surface area (Å²) >= 11 is 5.85. The lowest BCUT2D eigenvalue weighted by Gasteiger charge is -2.34. The van der Waals surface area contributed by atoms with E-state index in [9.17, 15) is 4.79 Å². The third-order valence-electron chi connectivity index (χ3n) is 3.14. The summed E-state index contributed by atoms with van der Waals surface area (Å²) in [6, 6.07) is 5.07. The van der Waals surface area contributed by atoms with Gasteiger partial charge in [-0.15, -0.1) is 0 Å². The van der Waals surface area contributed by atoms with Crippen molar-refractivity contribution < 1.29 is 9.53 Å². The summed E-state index contributed by atoms with van der Waals surface area (Å²) in [5.41, 5.74) is 6.82. The number of carbonyl (C=O) groups is 1. The number of nitrogens with one attached hydrogen (secondary N) is 1. The SMILES string of the molecule is CC1CN(CC(=O)Nc2ccc(Cl)c(N)c2)CC(C)O1. The number of nitrogen functional groups attached to an aromatic ring is 1. The van der Waals surface area contributed by atoms with E-state index < -0.39 is 0 Å². The fourth-order valence-electron chi connectivity index (χ4n) is 2.44. The molecule has 2 atom stereocenters. The van der Waals surface area contributed by atoms with Gasteiger partial charge in [0, 0.05) is 18.8 Å². The molecule has 1 heterocycles. The van der Waals surface area contributed by atoms with Crippen molar-refractivity contribution in [3.63, 3.8) is 0 Å². The number of ether oxygens (including phenoxy) is 1. The van der Waals surface area contributed by atoms with Crippen LogP contribution in [0, 0.1) is 0 Å². The first-order chi connectivity index (χ1) is 9.44. The van der Waals surface area contributed by atoms with E-state index in [2.05, 4.69) is 10.2 Å². The van der Waals surface area contributed by atoms with Gasteiger partial charge in [-0.05, 0) is 32.0 Å². The summed E-state index contributed by atoms with van der Waals surface area (Å²) in [7, 11) is 0. The molecule has 0 aromatic heterocycles. The van der Waals surface area contributed by atoms with Gasteiger partial charge in [-0.25, -0.2) is 0 Å². The van der Waals surface area contributed by atoms with Crippen LogP contribution in [0.15, 0.2) is 18.2 Å². The van der Waals surface area contributed by atoms with E-state index in [4.69, 9.17) is 22.1 Å². The highest BCUT2D eigenvalue weighted by Crippen LogP contribution is 2.22. The van der Waals surface area contributed by atoms with E-state index in [0.717, 1.165) is 13.1 Å². The monoisotopic (exact) mass is 297 g/mol. The van der Waals surface area contributed by atoms with Gasteiger partial charge in [0.1, 0.15) is 0 Å². The number of nitrogens with two attached hydrogens (primary N) is 1. The molecule has 0 saturated carbocycles. The van der Waals surface area contributed by atoms with Gasteiger partial charge in [-0.2, -0.15) is 0 Å². The number of halogens is 1. The first-order valence-electron chi connectivity index (χ1n) is 6.66. The maximum Gasteiger partial charge on any atom is 0.238 e. The number of carbonyl (C=O) groups excluding carboxylic acids is 1. The molecule has 110 valence electrons. The van der Waals surface area contributed by atoms with Crippen LogP contribution in [0.1, 0.15) is 13.8 Å². The molecule has 2 unspecified atom stereocenters. The third-order valence-corrected chi connectivity index (χ3v) is 3.49. The molecule has 1 amide bonds. The van der Waals surface area contributed by atoms with Crippen LogP contribution >= 0.6 is 11.6 Å². The Morgan fingerprint density at radius 3 is 2.70 bits per heavy atom. The molecule has 20 heavy (non-hydrogen) atoms. The highest BCUT2D eigenvalue weighted by atomic mass is 35.5. The Morgan fingerprint density at radius 1 is 1.45 bits per heavy atom. The molecule has 3 N–H and O–H groups in total. The number of nitrogens with zero attached hydrogens (tertiary/aromatic N) is 1. The van der Waals surface area contributed by atoms with Crippen LogP contribution in [0.5, 0.6) is 0 Å². The lowest BCUT2D eigenvalue weighted by atomic mass is 10.2. The van der Waals surface area contributed by atoms with Crippen molar-refractivity contribution in [2.45, 2.75) is 26.1 Å². The third kappa shape index (κ3) is 4.10. The molecule has 0 radical (unpaired) electrons. The summed E-state index contributed by atoms with van der Waals surface area (Å²) in [4.78, 5) is 14.1. The van der Waals surface area contributed by atoms with Gasteiger partial charge in [0.15, 0.2) is 0 Å². The second-order valence-electron chi connectivity index (χ2n) is 5.24. The fraction of sp³-hybridized carbons (Fsp3) is 0.500. The Hall–Kier alpha value is -1.30. The topological polar surface area (TPSA) is 67.6 Å². The zero-order valence-corrected chi connectivity index (χ0v) is 12.5. The molecule has 5 nitrogen and oxygen atoms in total. The molecule has 1 saturated heterocycles. The van der Waals surface area contributed by atoms with Gasteiger partial charge in [0.2, 0.25) is 5.91 Å². The summed E-state index contributed by atoms with van der Waals surface area (Å²) in [5, 5.41) is 3.31. The molecule has 0 spiro atoms. The quantitative estimate of drug-likeness (QED) is 0.837. The second kappa shape index (κ2) is 6.43. The van der Waals surface area contributed by atoms with Gasteiger partial charge in [-0.3, -0.25) is 9.69 Å². The average molecular weight is 298 g/mol. The second-order valence-corrected chi connectivity index (χ2v) is 5.64. The molecule has 6 heteroatoms. The molecule has 1 aliphatic rings. The number of hydrogen-bond donors (Lipinski definition) is 2. The zero-order valence-electron chi connectivity index (χ0n) is 11.7. The Bertz CT molecular complexity index is 485. The summed E-state index contributed by atoms with van der Waals surface area (Å²) < 4.78 is 5.64. The fourth-order valence-corrected chi connectivity index (χ4v) is 2.56. The number of morpholine rings is 1. The van der Waals surface area contributed by atoms with Crippen LogP contribution in [0.25, 0.3) is 0 Å². The number of benzene rings is 1. The van der Waals surface area contributed by atoms with E-state index in [1.807, 2.05) is 13.8 Å². The van der Waals surface area contributed by atoms with Crippen LogP contribution in [0.3, 0.4) is 0 Å². The summed E-state index contributed by atoms with van der Waals surface area (Å²) in [6.07, 6.45) is 0.301. The van der Waals surface area contributed by atoms with Gasteiger partial charge in [0.25, 0.3) is 0 Å². The first kappa shape index (κ1) is 15.1. The highest BCUT2D eigenvalue weighted by Gasteiger charge is 2.23. The minimum Gasteiger partial charge on any atom is -0.397 e. The van der Waals surface area contributed by atoms with Crippen LogP contribution in [-0.2, 0) is 9.53 Å². The van der Waals surface area contributed by atoms with Crippen molar-refractivity contribution in [2.24, 2.45) is 0 Å². The molecule has 1 aliphatic heterocycles. The van der Waals surface area contributed by atoms with E-state index in [1.54, 1.807) is 18.2 Å². The Balaban J connectivity index is 1.90. The predicted molar refractivity (Wildman–Crippen MR) is 80.9 cm³/mol. The number of rotatable bonds is 3. The molecule has 1 aromatic rings. The van der Waals surface area contributed by atoms with E-state index in [-0.39, 0.29) is 18.1 Å². The lowest BCUT2D eigenvalue weighted by molar-refractivity contribution is -0.121. The molecule has 0 bridgehead atoms. The Labute approximate surface area is 124 Å². The van der Waals surface area contributed by atoms with Gasteiger partial charge >= 0.3 is 0 Å². The highest BCUT2D eigenvalue weighted by molar-refractivity contribution is 6.33. The van der Waals surface area contributed by atoms with Crippen molar-refractivity contribution in [1.82, 2.24) is 4.90 Å². The van der Waals surface area contributed by atoms with E-state index in [0.29, 0.717) is 22.9 Å². The summed E-state index contributed by atoms with van der Waals surface area (Å²) in [6.45, 7) is 5.91. The Morgan fingerprint density at radius 2 is 2.10 bits per heavy atom. The molecule has 1 aromatic carbocycles. The van der Waals surface area contributed by atoms with Gasteiger partial charge < -0.3 is 15.8 Å². The van der Waals surface area contributed by atoms with Crippen LogP contribution < -0.4 is 11.1 Å². The predicted octanol–water partition coefficient (Wildman–Crippen LogP) is 1.97. The van der Waals surface area contributed by atoms with Crippen molar-refractivity contribution >= 4 is 28.9 Å². The number of anilines is 2.